The van der Waals surface area contributed by atoms with Gasteiger partial charge in [0.05, 0.1) is 31.4 Å². The first-order valence-corrected chi connectivity index (χ1v) is 5.57. The van der Waals surface area contributed by atoms with Gasteiger partial charge < -0.3 is 14.6 Å². The van der Waals surface area contributed by atoms with Crippen LogP contribution in [0.4, 0.5) is 0 Å². The van der Waals surface area contributed by atoms with Crippen molar-refractivity contribution in [3.8, 4) is 17.6 Å². The van der Waals surface area contributed by atoms with Crippen molar-refractivity contribution in [2.24, 2.45) is 0 Å². The highest BCUT2D eigenvalue weighted by atomic mass is 35.5. The summed E-state index contributed by atoms with van der Waals surface area (Å²) in [4.78, 5) is 0. The van der Waals surface area contributed by atoms with Crippen LogP contribution in [-0.2, 0) is 6.61 Å². The van der Waals surface area contributed by atoms with Crippen LogP contribution in [0.15, 0.2) is 12.1 Å². The molecule has 0 unspecified atom stereocenters. The molecule has 0 bridgehead atoms. The quantitative estimate of drug-likeness (QED) is 0.794. The number of unbranched alkanes of at least 4 members (excludes halogenated alkanes) is 1. The van der Waals surface area contributed by atoms with Crippen LogP contribution in [0.25, 0.3) is 0 Å². The van der Waals surface area contributed by atoms with Gasteiger partial charge in [0.25, 0.3) is 0 Å². The van der Waals surface area contributed by atoms with E-state index >= 15 is 0 Å². The summed E-state index contributed by atoms with van der Waals surface area (Å²) in [7, 11) is 1.51. The fraction of sp³-hybridized carbons (Fsp3) is 0.417. The molecule has 1 aromatic rings. The maximum atomic E-state index is 9.03. The number of nitrogens with zero attached hydrogens (tertiary/aromatic N) is 1. The third-order valence-corrected chi connectivity index (χ3v) is 2.43. The number of nitriles is 1. The number of aliphatic hydroxyl groups is 1. The number of ether oxygens (including phenoxy) is 2. The molecule has 0 atom stereocenters. The SMILES string of the molecule is COc1cc(CO)cc(Cl)c1OCCCC#N. The van der Waals surface area contributed by atoms with Crippen molar-refractivity contribution in [1.29, 1.82) is 5.26 Å². The molecule has 0 saturated carbocycles. The molecule has 17 heavy (non-hydrogen) atoms. The second-order valence-electron chi connectivity index (χ2n) is 3.38. The summed E-state index contributed by atoms with van der Waals surface area (Å²) in [6, 6.07) is 5.34. The summed E-state index contributed by atoms with van der Waals surface area (Å²) in [5.41, 5.74) is 0.663. The molecule has 92 valence electrons. The average molecular weight is 256 g/mol. The summed E-state index contributed by atoms with van der Waals surface area (Å²) in [6.45, 7) is 0.299. The molecule has 0 radical (unpaired) electrons. The van der Waals surface area contributed by atoms with E-state index in [0.717, 1.165) is 0 Å². The lowest BCUT2D eigenvalue weighted by molar-refractivity contribution is 0.276. The Morgan fingerprint density at radius 3 is 2.82 bits per heavy atom. The normalized spacial score (nSPS) is 9.76. The Kier molecular flexibility index (Phi) is 5.61. The first-order valence-electron chi connectivity index (χ1n) is 5.20. The number of hydrogen-bond donors (Lipinski definition) is 1. The number of methoxy groups -OCH3 is 1. The van der Waals surface area contributed by atoms with E-state index in [0.29, 0.717) is 41.5 Å². The Balaban J connectivity index is 2.79. The van der Waals surface area contributed by atoms with Gasteiger partial charge in [0, 0.05) is 6.42 Å². The first-order chi connectivity index (χ1) is 8.22. The Bertz CT molecular complexity index is 415. The van der Waals surface area contributed by atoms with Gasteiger partial charge in [-0.15, -0.1) is 0 Å². The van der Waals surface area contributed by atoms with Gasteiger partial charge in [-0.1, -0.05) is 11.6 Å². The number of rotatable bonds is 6. The highest BCUT2D eigenvalue weighted by Gasteiger charge is 2.11. The van der Waals surface area contributed by atoms with Gasteiger partial charge in [-0.3, -0.25) is 0 Å². The Morgan fingerprint density at radius 2 is 2.24 bits per heavy atom. The van der Waals surface area contributed by atoms with Crippen LogP contribution >= 0.6 is 11.6 Å². The molecular weight excluding hydrogens is 242 g/mol. The summed E-state index contributed by atoms with van der Waals surface area (Å²) < 4.78 is 10.6. The van der Waals surface area contributed by atoms with Gasteiger partial charge in [-0.25, -0.2) is 0 Å². The maximum Gasteiger partial charge on any atom is 0.179 e. The topological polar surface area (TPSA) is 62.5 Å². The lowest BCUT2D eigenvalue weighted by Crippen LogP contribution is -2.00. The van der Waals surface area contributed by atoms with Gasteiger partial charge in [0.2, 0.25) is 0 Å². The molecule has 1 rings (SSSR count). The molecule has 0 aliphatic heterocycles. The minimum atomic E-state index is -0.106. The van der Waals surface area contributed by atoms with Crippen molar-refractivity contribution < 1.29 is 14.6 Å². The minimum Gasteiger partial charge on any atom is -0.493 e. The molecular formula is C12H14ClNO3. The van der Waals surface area contributed by atoms with E-state index in [9.17, 15) is 0 Å². The fourth-order valence-corrected chi connectivity index (χ4v) is 1.62. The monoisotopic (exact) mass is 255 g/mol. The van der Waals surface area contributed by atoms with Crippen LogP contribution in [0.5, 0.6) is 11.5 Å². The lowest BCUT2D eigenvalue weighted by atomic mass is 10.2. The van der Waals surface area contributed by atoms with Crippen molar-refractivity contribution in [3.63, 3.8) is 0 Å². The van der Waals surface area contributed by atoms with E-state index in [4.69, 9.17) is 31.4 Å². The molecule has 4 nitrogen and oxygen atoms in total. The Labute approximate surface area is 105 Å². The molecule has 0 aliphatic rings. The molecule has 1 aromatic carbocycles. The fourth-order valence-electron chi connectivity index (χ4n) is 1.33. The van der Waals surface area contributed by atoms with E-state index in [-0.39, 0.29) is 6.61 Å². The van der Waals surface area contributed by atoms with E-state index in [1.165, 1.54) is 7.11 Å². The zero-order valence-corrected chi connectivity index (χ0v) is 10.3. The van der Waals surface area contributed by atoms with Gasteiger partial charge in [-0.05, 0) is 24.1 Å². The Hall–Kier alpha value is -1.44. The van der Waals surface area contributed by atoms with Crippen molar-refractivity contribution in [2.75, 3.05) is 13.7 Å². The zero-order valence-electron chi connectivity index (χ0n) is 9.57. The van der Waals surface area contributed by atoms with E-state index in [1.54, 1.807) is 12.1 Å². The predicted molar refractivity (Wildman–Crippen MR) is 64.3 cm³/mol. The molecule has 0 aliphatic carbocycles. The number of halogens is 1. The molecule has 0 aromatic heterocycles. The highest BCUT2D eigenvalue weighted by Crippen LogP contribution is 2.36. The van der Waals surface area contributed by atoms with Gasteiger partial charge in [0.1, 0.15) is 0 Å². The molecule has 1 N–H and O–H groups in total. The van der Waals surface area contributed by atoms with Crippen LogP contribution in [0.3, 0.4) is 0 Å². The lowest BCUT2D eigenvalue weighted by Gasteiger charge is -2.13. The second kappa shape index (κ2) is 7.00. The van der Waals surface area contributed by atoms with Crippen molar-refractivity contribution in [2.45, 2.75) is 19.4 Å². The molecule has 0 amide bonds. The summed E-state index contributed by atoms with van der Waals surface area (Å²) >= 11 is 6.02. The standard InChI is InChI=1S/C12H14ClNO3/c1-16-11-7-9(8-15)6-10(13)12(11)17-5-3-2-4-14/h6-7,15H,2-3,5,8H2,1H3. The minimum absolute atomic E-state index is 0.106. The summed E-state index contributed by atoms with van der Waals surface area (Å²) in [5.74, 6) is 0.933. The summed E-state index contributed by atoms with van der Waals surface area (Å²) in [6.07, 6.45) is 1.08. The van der Waals surface area contributed by atoms with Gasteiger partial charge >= 0.3 is 0 Å². The van der Waals surface area contributed by atoms with E-state index in [2.05, 4.69) is 0 Å². The van der Waals surface area contributed by atoms with Gasteiger partial charge in [-0.2, -0.15) is 5.26 Å². The van der Waals surface area contributed by atoms with Crippen LogP contribution in [0.1, 0.15) is 18.4 Å². The largest absolute Gasteiger partial charge is 0.493 e. The van der Waals surface area contributed by atoms with Crippen molar-refractivity contribution in [3.05, 3.63) is 22.7 Å². The van der Waals surface area contributed by atoms with E-state index < -0.39 is 0 Å². The van der Waals surface area contributed by atoms with E-state index in [1.807, 2.05) is 6.07 Å². The number of aliphatic hydroxyl groups excluding tert-OH is 1. The maximum absolute atomic E-state index is 9.03. The van der Waals surface area contributed by atoms with Crippen LogP contribution in [-0.4, -0.2) is 18.8 Å². The smallest absolute Gasteiger partial charge is 0.179 e. The molecule has 0 fully saturated rings. The first kappa shape index (κ1) is 13.6. The summed E-state index contributed by atoms with van der Waals surface area (Å²) in [5, 5.41) is 17.8. The highest BCUT2D eigenvalue weighted by molar-refractivity contribution is 6.32. The predicted octanol–water partition coefficient (Wildman–Crippen LogP) is 2.52. The average Bonchev–Trinajstić information content (AvgIpc) is 2.35. The van der Waals surface area contributed by atoms with Crippen LogP contribution in [0, 0.1) is 11.3 Å². The third kappa shape index (κ3) is 3.81. The second-order valence-corrected chi connectivity index (χ2v) is 3.78. The number of benzene rings is 1. The van der Waals surface area contributed by atoms with Crippen molar-refractivity contribution >= 4 is 11.6 Å². The zero-order chi connectivity index (χ0) is 12.7. The third-order valence-electron chi connectivity index (χ3n) is 2.15. The molecule has 0 spiro atoms. The molecule has 0 saturated heterocycles. The molecule has 0 heterocycles. The van der Waals surface area contributed by atoms with Crippen LogP contribution in [0.2, 0.25) is 5.02 Å². The van der Waals surface area contributed by atoms with Crippen molar-refractivity contribution in [1.82, 2.24) is 0 Å². The molecule has 5 heteroatoms. The van der Waals surface area contributed by atoms with Crippen LogP contribution < -0.4 is 9.47 Å². The number of hydrogen-bond acceptors (Lipinski definition) is 4. The Morgan fingerprint density at radius 1 is 1.47 bits per heavy atom. The van der Waals surface area contributed by atoms with Gasteiger partial charge in [0.15, 0.2) is 11.5 Å².